The van der Waals surface area contributed by atoms with Gasteiger partial charge in [-0.05, 0) is 67.6 Å². The Morgan fingerprint density at radius 1 is 0.944 bits per heavy atom. The van der Waals surface area contributed by atoms with Crippen LogP contribution in [-0.2, 0) is 0 Å². The van der Waals surface area contributed by atoms with Gasteiger partial charge in [-0.1, -0.05) is 41.9 Å². The lowest BCUT2D eigenvalue weighted by Gasteiger charge is -2.40. The first-order chi connectivity index (χ1) is 17.5. The Morgan fingerprint density at radius 3 is 2.44 bits per heavy atom. The van der Waals surface area contributed by atoms with E-state index in [1.807, 2.05) is 48.5 Å². The third-order valence-corrected chi connectivity index (χ3v) is 6.92. The van der Waals surface area contributed by atoms with Crippen molar-refractivity contribution < 1.29 is 4.74 Å². The first-order valence-electron chi connectivity index (χ1n) is 12.1. The van der Waals surface area contributed by atoms with E-state index >= 15 is 0 Å². The van der Waals surface area contributed by atoms with Gasteiger partial charge in [-0.25, -0.2) is 9.97 Å². The van der Waals surface area contributed by atoms with Crippen LogP contribution in [0.15, 0.2) is 78.9 Å². The number of likely N-dealkylation sites (N-methyl/N-ethyl adjacent to an activating group) is 1. The molecule has 5 rings (SSSR count). The zero-order chi connectivity index (χ0) is 25.1. The maximum atomic E-state index is 6.14. The van der Waals surface area contributed by atoms with Gasteiger partial charge < -0.3 is 15.0 Å². The highest BCUT2D eigenvalue weighted by Gasteiger charge is 2.27. The maximum absolute atomic E-state index is 6.14. The van der Waals surface area contributed by atoms with Gasteiger partial charge in [0.05, 0.1) is 13.2 Å². The van der Waals surface area contributed by atoms with Crippen molar-refractivity contribution in [2.24, 2.45) is 0 Å². The van der Waals surface area contributed by atoms with Crippen molar-refractivity contribution in [1.29, 1.82) is 0 Å². The molecule has 0 bridgehead atoms. The van der Waals surface area contributed by atoms with Gasteiger partial charge in [0.15, 0.2) is 5.82 Å². The number of aromatic nitrogens is 2. The van der Waals surface area contributed by atoms with Crippen LogP contribution >= 0.6 is 11.6 Å². The minimum atomic E-state index is 0.286. The topological polar surface area (TPSA) is 53.5 Å². The molecule has 0 radical (unpaired) electrons. The summed E-state index contributed by atoms with van der Waals surface area (Å²) in [6.45, 7) is 4.73. The summed E-state index contributed by atoms with van der Waals surface area (Å²) in [5, 5.41) is 4.19. The van der Waals surface area contributed by atoms with Gasteiger partial charge in [-0.15, -0.1) is 0 Å². The monoisotopic (exact) mass is 499 g/mol. The van der Waals surface area contributed by atoms with Crippen LogP contribution < -0.4 is 15.0 Å². The van der Waals surface area contributed by atoms with Gasteiger partial charge >= 0.3 is 0 Å². The lowest BCUT2D eigenvalue weighted by atomic mass is 10.0. The van der Waals surface area contributed by atoms with E-state index in [4.69, 9.17) is 26.3 Å². The van der Waals surface area contributed by atoms with E-state index in [2.05, 4.69) is 59.4 Å². The third-order valence-electron chi connectivity index (χ3n) is 6.67. The smallest absolute Gasteiger partial charge is 0.163 e. The van der Waals surface area contributed by atoms with Crippen LogP contribution in [-0.4, -0.2) is 48.7 Å². The van der Waals surface area contributed by atoms with E-state index in [0.717, 1.165) is 53.8 Å². The molecule has 0 aliphatic carbocycles. The second-order valence-electron chi connectivity index (χ2n) is 9.10. The highest BCUT2D eigenvalue weighted by atomic mass is 35.5. The molecule has 3 aromatic carbocycles. The second-order valence-corrected chi connectivity index (χ2v) is 9.54. The number of rotatable bonds is 6. The molecule has 1 N–H and O–H groups in total. The number of aryl methyl sites for hydroxylation is 1. The van der Waals surface area contributed by atoms with Crippen LogP contribution in [0, 0.1) is 6.92 Å². The average Bonchev–Trinajstić information content (AvgIpc) is 2.91. The Bertz CT molecular complexity index is 1330. The molecular formula is C29H30ClN5O. The van der Waals surface area contributed by atoms with Crippen LogP contribution in [0.25, 0.3) is 11.4 Å². The molecule has 7 heteroatoms. The van der Waals surface area contributed by atoms with Crippen LogP contribution in [0.3, 0.4) is 0 Å². The highest BCUT2D eigenvalue weighted by molar-refractivity contribution is 6.30. The van der Waals surface area contributed by atoms with Gasteiger partial charge in [0.2, 0.25) is 0 Å². The second kappa shape index (κ2) is 10.6. The lowest BCUT2D eigenvalue weighted by Crippen LogP contribution is -2.47. The van der Waals surface area contributed by atoms with E-state index in [-0.39, 0.29) is 6.04 Å². The first-order valence-corrected chi connectivity index (χ1v) is 12.4. The fourth-order valence-electron chi connectivity index (χ4n) is 4.55. The summed E-state index contributed by atoms with van der Waals surface area (Å²) in [7, 11) is 3.86. The van der Waals surface area contributed by atoms with Gasteiger partial charge in [0.1, 0.15) is 17.4 Å². The molecule has 1 saturated heterocycles. The zero-order valence-corrected chi connectivity index (χ0v) is 21.5. The number of hydrogen-bond acceptors (Lipinski definition) is 6. The number of nitrogens with one attached hydrogen (secondary N) is 1. The number of methoxy groups -OCH3 is 1. The standard InChI is InChI=1S/C29H30ClN5O/c1-20-17-24(36-3)13-14-25(20)31-27-18-28(33-29(32-27)22-9-11-23(30)12-10-22)35-16-15-34(2)26(19-35)21-7-5-4-6-8-21/h4-14,17-18,26H,15-16,19H2,1-3H3,(H,31,32,33). The molecule has 1 aliphatic heterocycles. The number of nitrogens with zero attached hydrogens (tertiary/aromatic N) is 4. The number of ether oxygens (including phenoxy) is 1. The molecular weight excluding hydrogens is 470 g/mol. The molecule has 0 spiro atoms. The Morgan fingerprint density at radius 2 is 1.72 bits per heavy atom. The molecule has 184 valence electrons. The lowest BCUT2D eigenvalue weighted by molar-refractivity contribution is 0.220. The summed E-state index contributed by atoms with van der Waals surface area (Å²) in [5.74, 6) is 3.13. The maximum Gasteiger partial charge on any atom is 0.163 e. The van der Waals surface area contributed by atoms with Gasteiger partial charge in [-0.2, -0.15) is 0 Å². The van der Waals surface area contributed by atoms with E-state index < -0.39 is 0 Å². The van der Waals surface area contributed by atoms with Crippen molar-refractivity contribution in [1.82, 2.24) is 14.9 Å². The minimum absolute atomic E-state index is 0.286. The number of benzene rings is 3. The van der Waals surface area contributed by atoms with Crippen molar-refractivity contribution in [2.75, 3.05) is 44.0 Å². The van der Waals surface area contributed by atoms with E-state index in [9.17, 15) is 0 Å². The van der Waals surface area contributed by atoms with Crippen molar-refractivity contribution in [3.8, 4) is 17.1 Å². The first kappa shape index (κ1) is 24.1. The third kappa shape index (κ3) is 5.30. The summed E-state index contributed by atoms with van der Waals surface area (Å²) < 4.78 is 5.37. The van der Waals surface area contributed by atoms with Crippen LogP contribution in [0.1, 0.15) is 17.2 Å². The Hall–Kier alpha value is -3.61. The molecule has 0 amide bonds. The van der Waals surface area contributed by atoms with Crippen molar-refractivity contribution >= 4 is 28.9 Å². The molecule has 1 fully saturated rings. The summed E-state index contributed by atoms with van der Waals surface area (Å²) in [4.78, 5) is 14.6. The number of halogens is 1. The summed E-state index contributed by atoms with van der Waals surface area (Å²) in [6, 6.07) is 26.6. The normalized spacial score (nSPS) is 16.1. The molecule has 1 unspecified atom stereocenters. The summed E-state index contributed by atoms with van der Waals surface area (Å²) in [6.07, 6.45) is 0. The largest absolute Gasteiger partial charge is 0.497 e. The molecule has 1 aromatic heterocycles. The Kier molecular flexibility index (Phi) is 7.07. The van der Waals surface area contributed by atoms with Crippen molar-refractivity contribution in [3.63, 3.8) is 0 Å². The molecule has 1 atom stereocenters. The van der Waals surface area contributed by atoms with Gasteiger partial charge in [0.25, 0.3) is 0 Å². The quantitative estimate of drug-likeness (QED) is 0.333. The number of piperazine rings is 1. The summed E-state index contributed by atoms with van der Waals surface area (Å²) >= 11 is 6.14. The zero-order valence-electron chi connectivity index (χ0n) is 20.8. The molecule has 4 aromatic rings. The van der Waals surface area contributed by atoms with Gasteiger partial charge in [0, 0.05) is 42.0 Å². The average molecular weight is 500 g/mol. The molecule has 36 heavy (non-hydrogen) atoms. The van der Waals surface area contributed by atoms with E-state index in [1.165, 1.54) is 5.56 Å². The predicted molar refractivity (Wildman–Crippen MR) is 148 cm³/mol. The summed E-state index contributed by atoms with van der Waals surface area (Å²) in [5.41, 5.74) is 4.28. The number of hydrogen-bond donors (Lipinski definition) is 1. The predicted octanol–water partition coefficient (Wildman–Crippen LogP) is 6.35. The van der Waals surface area contributed by atoms with Crippen LogP contribution in [0.5, 0.6) is 5.75 Å². The molecule has 2 heterocycles. The Balaban J connectivity index is 1.51. The van der Waals surface area contributed by atoms with Gasteiger partial charge in [-0.3, -0.25) is 4.90 Å². The number of anilines is 3. The minimum Gasteiger partial charge on any atom is -0.497 e. The fraction of sp³-hybridized carbons (Fsp3) is 0.241. The Labute approximate surface area is 217 Å². The molecule has 0 saturated carbocycles. The highest BCUT2D eigenvalue weighted by Crippen LogP contribution is 2.31. The van der Waals surface area contributed by atoms with E-state index in [1.54, 1.807) is 7.11 Å². The van der Waals surface area contributed by atoms with Crippen LogP contribution in [0.4, 0.5) is 17.3 Å². The molecule has 1 aliphatic rings. The SMILES string of the molecule is COc1ccc(Nc2cc(N3CCN(C)C(c4ccccc4)C3)nc(-c3ccc(Cl)cc3)n2)c(C)c1. The van der Waals surface area contributed by atoms with Crippen molar-refractivity contribution in [2.45, 2.75) is 13.0 Å². The van der Waals surface area contributed by atoms with Crippen molar-refractivity contribution in [3.05, 3.63) is 95.0 Å². The molecule has 6 nitrogen and oxygen atoms in total. The van der Waals surface area contributed by atoms with Crippen LogP contribution in [0.2, 0.25) is 5.02 Å². The van der Waals surface area contributed by atoms with E-state index in [0.29, 0.717) is 10.8 Å². The fourth-order valence-corrected chi connectivity index (χ4v) is 4.67.